The lowest BCUT2D eigenvalue weighted by Gasteiger charge is -2.01. The first kappa shape index (κ1) is 18.1. The number of amides is 1. The van der Waals surface area contributed by atoms with Gasteiger partial charge in [0.25, 0.3) is 5.91 Å². The number of nitriles is 1. The molecule has 0 saturated heterocycles. The summed E-state index contributed by atoms with van der Waals surface area (Å²) < 4.78 is 12.9. The highest BCUT2D eigenvalue weighted by molar-refractivity contribution is 7.14. The number of hydrogen-bond donors (Lipinski definition) is 3. The molecule has 0 saturated carbocycles. The summed E-state index contributed by atoms with van der Waals surface area (Å²) in [6.45, 7) is 0. The highest BCUT2D eigenvalue weighted by atomic mass is 32.1. The first-order valence-electron chi connectivity index (χ1n) is 7.63. The summed E-state index contributed by atoms with van der Waals surface area (Å²) in [5.74, 6) is -1.57. The van der Waals surface area contributed by atoms with Gasteiger partial charge in [-0.3, -0.25) is 10.1 Å². The first-order valence-corrected chi connectivity index (χ1v) is 8.51. The molecule has 0 fully saturated rings. The Morgan fingerprint density at radius 1 is 1.19 bits per heavy atom. The fourth-order valence-corrected chi connectivity index (χ4v) is 2.90. The molecule has 0 bridgehead atoms. The van der Waals surface area contributed by atoms with E-state index in [-0.39, 0.29) is 22.2 Å². The van der Waals surface area contributed by atoms with Crippen molar-refractivity contribution in [2.24, 2.45) is 0 Å². The molecule has 1 heterocycles. The number of thiazole rings is 1. The van der Waals surface area contributed by atoms with Crippen molar-refractivity contribution in [2.45, 2.75) is 0 Å². The molecule has 0 aliphatic heterocycles. The summed E-state index contributed by atoms with van der Waals surface area (Å²) in [7, 11) is 0. The van der Waals surface area contributed by atoms with Crippen LogP contribution in [-0.4, -0.2) is 21.1 Å². The lowest BCUT2D eigenvalue weighted by molar-refractivity contribution is -0.112. The Morgan fingerprint density at radius 3 is 2.59 bits per heavy atom. The van der Waals surface area contributed by atoms with Crippen LogP contribution in [0.2, 0.25) is 0 Å². The van der Waals surface area contributed by atoms with Crippen molar-refractivity contribution in [3.05, 3.63) is 64.8 Å². The van der Waals surface area contributed by atoms with E-state index in [1.807, 2.05) is 6.07 Å². The van der Waals surface area contributed by atoms with Gasteiger partial charge in [-0.15, -0.1) is 11.3 Å². The largest absolute Gasteiger partial charge is 0.504 e. The van der Waals surface area contributed by atoms with Gasteiger partial charge in [0.2, 0.25) is 0 Å². The second-order valence-electron chi connectivity index (χ2n) is 5.42. The lowest BCUT2D eigenvalue weighted by Crippen LogP contribution is -2.13. The highest BCUT2D eigenvalue weighted by Crippen LogP contribution is 2.32. The molecule has 8 heteroatoms. The van der Waals surface area contributed by atoms with Crippen molar-refractivity contribution in [1.82, 2.24) is 4.98 Å². The molecular formula is C19H12FN3O3S. The molecule has 3 N–H and O–H groups in total. The number of nitrogens with zero attached hydrogens (tertiary/aromatic N) is 2. The Hall–Kier alpha value is -3.70. The zero-order valence-corrected chi connectivity index (χ0v) is 14.5. The van der Waals surface area contributed by atoms with Gasteiger partial charge in [-0.25, -0.2) is 9.37 Å². The van der Waals surface area contributed by atoms with E-state index in [0.29, 0.717) is 16.8 Å². The third kappa shape index (κ3) is 4.29. The number of anilines is 1. The second-order valence-corrected chi connectivity index (χ2v) is 6.27. The predicted molar refractivity (Wildman–Crippen MR) is 99.5 cm³/mol. The molecule has 1 amide bonds. The smallest absolute Gasteiger partial charge is 0.268 e. The number of nitrogens with one attached hydrogen (secondary N) is 1. The van der Waals surface area contributed by atoms with Crippen LogP contribution in [0, 0.1) is 17.1 Å². The van der Waals surface area contributed by atoms with Crippen molar-refractivity contribution in [1.29, 1.82) is 5.26 Å². The molecule has 6 nitrogen and oxygen atoms in total. The Kier molecular flexibility index (Phi) is 5.15. The van der Waals surface area contributed by atoms with E-state index in [9.17, 15) is 24.7 Å². The molecule has 2 aromatic carbocycles. The Labute approximate surface area is 157 Å². The minimum Gasteiger partial charge on any atom is -0.504 e. The van der Waals surface area contributed by atoms with Gasteiger partial charge < -0.3 is 10.2 Å². The number of rotatable bonds is 4. The number of hydrogen-bond acceptors (Lipinski definition) is 6. The van der Waals surface area contributed by atoms with Crippen molar-refractivity contribution < 1.29 is 19.4 Å². The summed E-state index contributed by atoms with van der Waals surface area (Å²) in [5.41, 5.74) is 1.42. The van der Waals surface area contributed by atoms with Crippen LogP contribution in [0.4, 0.5) is 9.52 Å². The van der Waals surface area contributed by atoms with E-state index in [0.717, 1.165) is 11.3 Å². The fraction of sp³-hybridized carbons (Fsp3) is 0. The third-order valence-corrected chi connectivity index (χ3v) is 4.30. The molecular weight excluding hydrogens is 369 g/mol. The van der Waals surface area contributed by atoms with Crippen LogP contribution < -0.4 is 5.32 Å². The number of aromatic hydroxyl groups is 2. The van der Waals surface area contributed by atoms with Crippen LogP contribution in [0.1, 0.15) is 5.56 Å². The van der Waals surface area contributed by atoms with E-state index in [4.69, 9.17) is 0 Å². The minimum absolute atomic E-state index is 0.152. The van der Waals surface area contributed by atoms with Crippen LogP contribution in [0.15, 0.2) is 53.4 Å². The van der Waals surface area contributed by atoms with E-state index < -0.39 is 11.7 Å². The van der Waals surface area contributed by atoms with Crippen molar-refractivity contribution in [3.8, 4) is 28.8 Å². The van der Waals surface area contributed by atoms with Crippen LogP contribution >= 0.6 is 11.3 Å². The molecule has 0 atom stereocenters. The zero-order valence-electron chi connectivity index (χ0n) is 13.7. The average Bonchev–Trinajstić information content (AvgIpc) is 3.11. The first-order chi connectivity index (χ1) is 13.0. The maximum atomic E-state index is 12.9. The van der Waals surface area contributed by atoms with Gasteiger partial charge >= 0.3 is 0 Å². The quantitative estimate of drug-likeness (QED) is 0.361. The van der Waals surface area contributed by atoms with Gasteiger partial charge in [0.15, 0.2) is 16.6 Å². The number of phenols is 2. The minimum atomic E-state index is -0.642. The molecule has 27 heavy (non-hydrogen) atoms. The molecule has 0 unspecified atom stereocenters. The van der Waals surface area contributed by atoms with Crippen molar-refractivity contribution in [2.75, 3.05) is 5.32 Å². The van der Waals surface area contributed by atoms with Gasteiger partial charge in [0.05, 0.1) is 5.69 Å². The van der Waals surface area contributed by atoms with Crippen LogP contribution in [0.3, 0.4) is 0 Å². The van der Waals surface area contributed by atoms with Gasteiger partial charge in [-0.2, -0.15) is 5.26 Å². The van der Waals surface area contributed by atoms with Crippen molar-refractivity contribution in [3.63, 3.8) is 0 Å². The van der Waals surface area contributed by atoms with E-state index in [1.165, 1.54) is 42.5 Å². The van der Waals surface area contributed by atoms with E-state index in [1.54, 1.807) is 11.4 Å². The van der Waals surface area contributed by atoms with Gasteiger partial charge in [0.1, 0.15) is 17.5 Å². The fourth-order valence-electron chi connectivity index (χ4n) is 2.19. The third-order valence-electron chi connectivity index (χ3n) is 3.54. The maximum absolute atomic E-state index is 12.9. The molecule has 1 aromatic heterocycles. The summed E-state index contributed by atoms with van der Waals surface area (Å²) in [6, 6.07) is 11.5. The number of phenolic OH excluding ortho intramolecular Hbond substituents is 2. The Morgan fingerprint density at radius 2 is 1.93 bits per heavy atom. The van der Waals surface area contributed by atoms with Gasteiger partial charge in [-0.1, -0.05) is 12.1 Å². The topological polar surface area (TPSA) is 106 Å². The Bertz CT molecular complexity index is 1070. The zero-order chi connectivity index (χ0) is 19.4. The molecule has 0 aliphatic rings. The monoisotopic (exact) mass is 381 g/mol. The summed E-state index contributed by atoms with van der Waals surface area (Å²) in [4.78, 5) is 16.5. The summed E-state index contributed by atoms with van der Waals surface area (Å²) in [5, 5.41) is 32.6. The van der Waals surface area contributed by atoms with Gasteiger partial charge in [0, 0.05) is 10.9 Å². The van der Waals surface area contributed by atoms with Gasteiger partial charge in [-0.05, 0) is 42.0 Å². The van der Waals surface area contributed by atoms with Crippen LogP contribution in [0.5, 0.6) is 11.5 Å². The molecule has 134 valence electrons. The average molecular weight is 381 g/mol. The molecule has 3 aromatic rings. The number of carbonyl (C=O) groups is 1. The SMILES string of the molecule is N#C/C(=C\c1ccc(F)cc1)C(=O)Nc1nc(-c2ccc(O)c(O)c2)cs1. The molecule has 0 spiro atoms. The van der Waals surface area contributed by atoms with Crippen LogP contribution in [-0.2, 0) is 4.79 Å². The lowest BCUT2D eigenvalue weighted by atomic mass is 10.1. The normalized spacial score (nSPS) is 11.0. The molecule has 3 rings (SSSR count). The maximum Gasteiger partial charge on any atom is 0.268 e. The number of carbonyl (C=O) groups excluding carboxylic acids is 1. The van der Waals surface area contributed by atoms with Crippen LogP contribution in [0.25, 0.3) is 17.3 Å². The Balaban J connectivity index is 1.77. The molecule has 0 aliphatic carbocycles. The number of halogens is 1. The second kappa shape index (κ2) is 7.68. The predicted octanol–water partition coefficient (Wildman–Crippen LogP) is 3.91. The summed E-state index contributed by atoms with van der Waals surface area (Å²) in [6.07, 6.45) is 1.35. The molecule has 0 radical (unpaired) electrons. The summed E-state index contributed by atoms with van der Waals surface area (Å²) >= 11 is 1.15. The van der Waals surface area contributed by atoms with Crippen molar-refractivity contribution >= 4 is 28.5 Å². The number of benzene rings is 2. The van der Waals surface area contributed by atoms with E-state index >= 15 is 0 Å². The number of aromatic nitrogens is 1. The standard InChI is InChI=1S/C19H12FN3O3S/c20-14-4-1-11(2-5-14)7-13(9-21)18(26)23-19-22-15(10-27-19)12-3-6-16(24)17(25)8-12/h1-8,10,24-25H,(H,22,23,26)/b13-7+. The highest BCUT2D eigenvalue weighted by Gasteiger charge is 2.13. The van der Waals surface area contributed by atoms with E-state index in [2.05, 4.69) is 10.3 Å².